The maximum atomic E-state index is 11.7. The van der Waals surface area contributed by atoms with Crippen LogP contribution >= 0.6 is 0 Å². The highest BCUT2D eigenvalue weighted by Gasteiger charge is 2.04. The number of hydrogen-bond donors (Lipinski definition) is 0. The minimum Gasteiger partial charge on any atom is -0.299 e. The molecule has 0 saturated carbocycles. The van der Waals surface area contributed by atoms with Crippen molar-refractivity contribution in [2.45, 2.75) is 46.5 Å². The lowest BCUT2D eigenvalue weighted by atomic mass is 10.0. The van der Waals surface area contributed by atoms with Crippen LogP contribution in [0.15, 0.2) is 24.3 Å². The van der Waals surface area contributed by atoms with Crippen molar-refractivity contribution in [2.75, 3.05) is 0 Å². The molecule has 88 valence electrons. The van der Waals surface area contributed by atoms with E-state index in [1.165, 1.54) is 5.56 Å². The standard InChI is InChI=1S/C15H22O/c1-12(2)6-4-9-15(16)11-14-8-5-7-13(3)10-14/h5,7-8,10,12H,4,6,9,11H2,1-3H3. The van der Waals surface area contributed by atoms with Crippen molar-refractivity contribution in [3.63, 3.8) is 0 Å². The quantitative estimate of drug-likeness (QED) is 0.707. The summed E-state index contributed by atoms with van der Waals surface area (Å²) in [6.45, 7) is 6.46. The Morgan fingerprint density at radius 1 is 1.31 bits per heavy atom. The van der Waals surface area contributed by atoms with Crippen molar-refractivity contribution in [2.24, 2.45) is 5.92 Å². The topological polar surface area (TPSA) is 17.1 Å². The molecule has 0 saturated heterocycles. The Morgan fingerprint density at radius 2 is 2.06 bits per heavy atom. The lowest BCUT2D eigenvalue weighted by Crippen LogP contribution is -2.03. The third kappa shape index (κ3) is 5.11. The van der Waals surface area contributed by atoms with Gasteiger partial charge in [0.05, 0.1) is 0 Å². The molecular formula is C15H22O. The highest BCUT2D eigenvalue weighted by molar-refractivity contribution is 5.80. The number of carbonyl (C=O) groups is 1. The van der Waals surface area contributed by atoms with Gasteiger partial charge in [-0.05, 0) is 24.8 Å². The van der Waals surface area contributed by atoms with Crippen molar-refractivity contribution in [3.05, 3.63) is 35.4 Å². The Hall–Kier alpha value is -1.11. The second-order valence-corrected chi connectivity index (χ2v) is 4.99. The van der Waals surface area contributed by atoms with Gasteiger partial charge in [0.15, 0.2) is 0 Å². The summed E-state index contributed by atoms with van der Waals surface area (Å²) in [7, 11) is 0. The van der Waals surface area contributed by atoms with E-state index in [0.717, 1.165) is 24.8 Å². The maximum absolute atomic E-state index is 11.7. The smallest absolute Gasteiger partial charge is 0.137 e. The molecule has 0 bridgehead atoms. The number of Topliss-reactive ketones (excluding diaryl/α,β-unsaturated/α-hetero) is 1. The van der Waals surface area contributed by atoms with Crippen LogP contribution < -0.4 is 0 Å². The molecule has 0 radical (unpaired) electrons. The molecule has 0 fully saturated rings. The van der Waals surface area contributed by atoms with Gasteiger partial charge in [0.1, 0.15) is 5.78 Å². The second-order valence-electron chi connectivity index (χ2n) is 4.99. The molecule has 1 aromatic carbocycles. The van der Waals surface area contributed by atoms with E-state index in [4.69, 9.17) is 0 Å². The maximum Gasteiger partial charge on any atom is 0.137 e. The Kier molecular flexibility index (Phi) is 5.24. The van der Waals surface area contributed by atoms with Crippen molar-refractivity contribution in [1.29, 1.82) is 0 Å². The average molecular weight is 218 g/mol. The molecule has 1 aromatic rings. The molecule has 0 amide bonds. The predicted molar refractivity (Wildman–Crippen MR) is 68.6 cm³/mol. The number of hydrogen-bond acceptors (Lipinski definition) is 1. The summed E-state index contributed by atoms with van der Waals surface area (Å²) in [5.74, 6) is 1.07. The van der Waals surface area contributed by atoms with Crippen LogP contribution in [-0.2, 0) is 11.2 Å². The molecule has 1 rings (SSSR count). The van der Waals surface area contributed by atoms with Crippen molar-refractivity contribution >= 4 is 5.78 Å². The van der Waals surface area contributed by atoms with Crippen LogP contribution in [0.25, 0.3) is 0 Å². The first-order valence-electron chi connectivity index (χ1n) is 6.15. The SMILES string of the molecule is Cc1cccc(CC(=O)CCCC(C)C)c1. The molecule has 0 N–H and O–H groups in total. The minimum atomic E-state index is 0.367. The van der Waals surface area contributed by atoms with E-state index in [1.807, 2.05) is 12.1 Å². The van der Waals surface area contributed by atoms with Gasteiger partial charge in [0, 0.05) is 12.8 Å². The summed E-state index contributed by atoms with van der Waals surface area (Å²) >= 11 is 0. The number of ketones is 1. The largest absolute Gasteiger partial charge is 0.299 e. The zero-order chi connectivity index (χ0) is 12.0. The van der Waals surface area contributed by atoms with E-state index in [1.54, 1.807) is 0 Å². The third-order valence-corrected chi connectivity index (χ3v) is 2.72. The molecule has 0 heterocycles. The molecule has 0 aromatic heterocycles. The summed E-state index contributed by atoms with van der Waals surface area (Å²) in [6, 6.07) is 8.21. The fourth-order valence-electron chi connectivity index (χ4n) is 1.85. The Bertz CT molecular complexity index is 339. The zero-order valence-electron chi connectivity index (χ0n) is 10.6. The zero-order valence-corrected chi connectivity index (χ0v) is 10.6. The van der Waals surface area contributed by atoms with Crippen LogP contribution in [0.4, 0.5) is 0 Å². The Labute approximate surface area is 98.9 Å². The highest BCUT2D eigenvalue weighted by Crippen LogP contribution is 2.10. The van der Waals surface area contributed by atoms with Crippen LogP contribution in [-0.4, -0.2) is 5.78 Å². The van der Waals surface area contributed by atoms with E-state index in [2.05, 4.69) is 32.9 Å². The molecule has 0 aliphatic heterocycles. The predicted octanol–water partition coefficient (Wildman–Crippen LogP) is 3.93. The Balaban J connectivity index is 2.34. The van der Waals surface area contributed by atoms with Gasteiger partial charge >= 0.3 is 0 Å². The van der Waals surface area contributed by atoms with E-state index < -0.39 is 0 Å². The van der Waals surface area contributed by atoms with Crippen LogP contribution in [0.2, 0.25) is 0 Å². The lowest BCUT2D eigenvalue weighted by molar-refractivity contribution is -0.118. The van der Waals surface area contributed by atoms with Gasteiger partial charge in [0.2, 0.25) is 0 Å². The van der Waals surface area contributed by atoms with Gasteiger partial charge in [-0.15, -0.1) is 0 Å². The number of aryl methyl sites for hydroxylation is 1. The molecular weight excluding hydrogens is 196 g/mol. The van der Waals surface area contributed by atoms with Crippen molar-refractivity contribution in [1.82, 2.24) is 0 Å². The molecule has 0 spiro atoms. The summed E-state index contributed by atoms with van der Waals surface area (Å²) in [5, 5.41) is 0. The molecule has 0 aliphatic carbocycles. The molecule has 0 unspecified atom stereocenters. The van der Waals surface area contributed by atoms with E-state index in [9.17, 15) is 4.79 Å². The minimum absolute atomic E-state index is 0.367. The molecule has 1 heteroatoms. The normalized spacial score (nSPS) is 10.8. The lowest BCUT2D eigenvalue weighted by Gasteiger charge is -2.04. The average Bonchev–Trinajstić information content (AvgIpc) is 2.16. The Morgan fingerprint density at radius 3 is 2.69 bits per heavy atom. The van der Waals surface area contributed by atoms with Gasteiger partial charge in [-0.25, -0.2) is 0 Å². The van der Waals surface area contributed by atoms with Gasteiger partial charge < -0.3 is 0 Å². The number of carbonyl (C=O) groups excluding carboxylic acids is 1. The third-order valence-electron chi connectivity index (χ3n) is 2.72. The molecule has 16 heavy (non-hydrogen) atoms. The van der Waals surface area contributed by atoms with E-state index >= 15 is 0 Å². The van der Waals surface area contributed by atoms with Gasteiger partial charge in [-0.2, -0.15) is 0 Å². The van der Waals surface area contributed by atoms with E-state index in [0.29, 0.717) is 18.1 Å². The summed E-state index contributed by atoms with van der Waals surface area (Å²) < 4.78 is 0. The first kappa shape index (κ1) is 13.0. The first-order chi connectivity index (χ1) is 7.58. The molecule has 0 aliphatic rings. The summed E-state index contributed by atoms with van der Waals surface area (Å²) in [5.41, 5.74) is 2.38. The molecule has 0 atom stereocenters. The van der Waals surface area contributed by atoms with Crippen LogP contribution in [0.3, 0.4) is 0 Å². The van der Waals surface area contributed by atoms with Gasteiger partial charge in [0.25, 0.3) is 0 Å². The van der Waals surface area contributed by atoms with Crippen molar-refractivity contribution < 1.29 is 4.79 Å². The second kappa shape index (κ2) is 6.47. The van der Waals surface area contributed by atoms with E-state index in [-0.39, 0.29) is 0 Å². The summed E-state index contributed by atoms with van der Waals surface area (Å²) in [6.07, 6.45) is 3.51. The number of benzene rings is 1. The van der Waals surface area contributed by atoms with Crippen LogP contribution in [0, 0.1) is 12.8 Å². The monoisotopic (exact) mass is 218 g/mol. The summed E-state index contributed by atoms with van der Waals surface area (Å²) in [4.78, 5) is 11.7. The van der Waals surface area contributed by atoms with Gasteiger partial charge in [-0.1, -0.05) is 50.1 Å². The highest BCUT2D eigenvalue weighted by atomic mass is 16.1. The first-order valence-corrected chi connectivity index (χ1v) is 6.15. The fraction of sp³-hybridized carbons (Fsp3) is 0.533. The fourth-order valence-corrected chi connectivity index (χ4v) is 1.85. The number of rotatable bonds is 6. The molecule has 1 nitrogen and oxygen atoms in total. The van der Waals surface area contributed by atoms with Crippen molar-refractivity contribution in [3.8, 4) is 0 Å². The van der Waals surface area contributed by atoms with Gasteiger partial charge in [-0.3, -0.25) is 4.79 Å². The van der Waals surface area contributed by atoms with Crippen LogP contribution in [0.1, 0.15) is 44.2 Å². The van der Waals surface area contributed by atoms with Crippen LogP contribution in [0.5, 0.6) is 0 Å².